The van der Waals surface area contributed by atoms with E-state index in [0.29, 0.717) is 0 Å². The van der Waals surface area contributed by atoms with Crippen molar-refractivity contribution in [3.63, 3.8) is 0 Å². The Morgan fingerprint density at radius 3 is 2.75 bits per heavy atom. The number of fused-ring (bicyclic) bond motifs is 1. The first-order valence-corrected chi connectivity index (χ1v) is 5.04. The molecule has 0 atom stereocenters. The minimum Gasteiger partial charge on any atom is -0.264 e. The van der Waals surface area contributed by atoms with Crippen LogP contribution in [0.3, 0.4) is 0 Å². The summed E-state index contributed by atoms with van der Waals surface area (Å²) in [6.45, 7) is 0. The second-order valence-corrected chi connectivity index (χ2v) is 3.51. The molecule has 3 heteroatoms. The minimum atomic E-state index is 0.963. The Balaban J connectivity index is 2.32. The highest BCUT2D eigenvalue weighted by atomic mass is 14.8. The molecule has 0 aliphatic carbocycles. The lowest BCUT2D eigenvalue weighted by Gasteiger charge is -2.04. The van der Waals surface area contributed by atoms with Crippen LogP contribution in [0.2, 0.25) is 0 Å². The van der Waals surface area contributed by atoms with Crippen LogP contribution in [0.5, 0.6) is 0 Å². The van der Waals surface area contributed by atoms with Crippen LogP contribution in [0.4, 0.5) is 0 Å². The van der Waals surface area contributed by atoms with Crippen molar-refractivity contribution in [3.05, 3.63) is 55.2 Å². The molecule has 1 aromatic carbocycles. The summed E-state index contributed by atoms with van der Waals surface area (Å²) in [5.41, 5.74) is 3.13. The Morgan fingerprint density at radius 1 is 0.875 bits per heavy atom. The van der Waals surface area contributed by atoms with Crippen molar-refractivity contribution in [3.8, 4) is 11.1 Å². The summed E-state index contributed by atoms with van der Waals surface area (Å²) in [4.78, 5) is 12.5. The highest BCUT2D eigenvalue weighted by molar-refractivity contribution is 5.92. The van der Waals surface area contributed by atoms with Crippen LogP contribution in [-0.4, -0.2) is 15.0 Å². The van der Waals surface area contributed by atoms with Gasteiger partial charge in [-0.25, -0.2) is 9.97 Å². The standard InChI is InChI=1S/C13H9N3/c1-3-11-8-15-9-16-13(11)12(5-1)10-4-2-6-14-7-10/h1-9H. The van der Waals surface area contributed by atoms with E-state index < -0.39 is 0 Å². The molecular weight excluding hydrogens is 198 g/mol. The van der Waals surface area contributed by atoms with Gasteiger partial charge in [-0.1, -0.05) is 24.3 Å². The number of hydrogen-bond acceptors (Lipinski definition) is 3. The van der Waals surface area contributed by atoms with Gasteiger partial charge in [0.25, 0.3) is 0 Å². The highest BCUT2D eigenvalue weighted by Gasteiger charge is 2.03. The van der Waals surface area contributed by atoms with Crippen LogP contribution >= 0.6 is 0 Å². The molecule has 16 heavy (non-hydrogen) atoms. The lowest BCUT2D eigenvalue weighted by atomic mass is 10.0. The van der Waals surface area contributed by atoms with Gasteiger partial charge >= 0.3 is 0 Å². The predicted octanol–water partition coefficient (Wildman–Crippen LogP) is 2.69. The Morgan fingerprint density at radius 2 is 1.88 bits per heavy atom. The molecule has 0 bridgehead atoms. The second kappa shape index (κ2) is 3.70. The van der Waals surface area contributed by atoms with E-state index in [0.717, 1.165) is 22.0 Å². The molecule has 0 radical (unpaired) electrons. The molecule has 0 spiro atoms. The van der Waals surface area contributed by atoms with Crippen molar-refractivity contribution < 1.29 is 0 Å². The minimum absolute atomic E-state index is 0.963. The Kier molecular flexibility index (Phi) is 2.07. The normalized spacial score (nSPS) is 10.5. The molecule has 3 aromatic rings. The summed E-state index contributed by atoms with van der Waals surface area (Å²) >= 11 is 0. The maximum absolute atomic E-state index is 4.32. The molecule has 0 fully saturated rings. The average Bonchev–Trinajstić information content (AvgIpc) is 2.39. The molecule has 0 N–H and O–H groups in total. The number of hydrogen-bond donors (Lipinski definition) is 0. The summed E-state index contributed by atoms with van der Waals surface area (Å²) in [5, 5.41) is 1.05. The predicted molar refractivity (Wildman–Crippen MR) is 62.8 cm³/mol. The summed E-state index contributed by atoms with van der Waals surface area (Å²) in [7, 11) is 0. The van der Waals surface area contributed by atoms with Gasteiger partial charge < -0.3 is 0 Å². The number of para-hydroxylation sites is 1. The molecule has 0 amide bonds. The van der Waals surface area contributed by atoms with E-state index in [1.165, 1.54) is 0 Å². The molecule has 0 unspecified atom stereocenters. The van der Waals surface area contributed by atoms with Crippen LogP contribution < -0.4 is 0 Å². The first-order chi connectivity index (χ1) is 7.95. The first-order valence-electron chi connectivity index (χ1n) is 5.04. The lowest BCUT2D eigenvalue weighted by molar-refractivity contribution is 1.22. The van der Waals surface area contributed by atoms with Gasteiger partial charge in [-0.05, 0) is 6.07 Å². The molecule has 76 valence electrons. The van der Waals surface area contributed by atoms with Crippen LogP contribution in [0.15, 0.2) is 55.2 Å². The smallest absolute Gasteiger partial charge is 0.116 e. The number of aromatic nitrogens is 3. The maximum atomic E-state index is 4.32. The van der Waals surface area contributed by atoms with E-state index in [4.69, 9.17) is 0 Å². The van der Waals surface area contributed by atoms with E-state index >= 15 is 0 Å². The molecule has 0 saturated carbocycles. The van der Waals surface area contributed by atoms with E-state index in [2.05, 4.69) is 15.0 Å². The van der Waals surface area contributed by atoms with Gasteiger partial charge in [-0.3, -0.25) is 4.98 Å². The number of benzene rings is 1. The summed E-state index contributed by atoms with van der Waals surface area (Å²) in [6.07, 6.45) is 7.00. The van der Waals surface area contributed by atoms with E-state index in [9.17, 15) is 0 Å². The quantitative estimate of drug-likeness (QED) is 0.615. The molecule has 3 rings (SSSR count). The Bertz CT molecular complexity index is 615. The second-order valence-electron chi connectivity index (χ2n) is 3.51. The number of nitrogens with zero attached hydrogens (tertiary/aromatic N) is 3. The van der Waals surface area contributed by atoms with Gasteiger partial charge in [0.05, 0.1) is 5.52 Å². The molecule has 0 aliphatic heterocycles. The zero-order valence-electron chi connectivity index (χ0n) is 8.54. The first kappa shape index (κ1) is 8.97. The largest absolute Gasteiger partial charge is 0.264 e. The SMILES string of the molecule is c1cncc(-c2cccc3cncnc23)c1. The maximum Gasteiger partial charge on any atom is 0.116 e. The zero-order chi connectivity index (χ0) is 10.8. The summed E-state index contributed by atoms with van der Waals surface area (Å²) < 4.78 is 0. The van der Waals surface area contributed by atoms with Gasteiger partial charge in [0.15, 0.2) is 0 Å². The van der Waals surface area contributed by atoms with Gasteiger partial charge in [-0.2, -0.15) is 0 Å². The fourth-order valence-corrected chi connectivity index (χ4v) is 1.77. The van der Waals surface area contributed by atoms with Crippen LogP contribution in [-0.2, 0) is 0 Å². The van der Waals surface area contributed by atoms with Crippen LogP contribution in [0.1, 0.15) is 0 Å². The number of pyridine rings is 1. The van der Waals surface area contributed by atoms with Gasteiger partial charge in [0.1, 0.15) is 6.33 Å². The molecule has 2 aromatic heterocycles. The van der Waals surface area contributed by atoms with Crippen molar-refractivity contribution in [2.75, 3.05) is 0 Å². The highest BCUT2D eigenvalue weighted by Crippen LogP contribution is 2.25. The summed E-state index contributed by atoms with van der Waals surface area (Å²) in [5.74, 6) is 0. The average molecular weight is 207 g/mol. The molecular formula is C13H9N3. The van der Waals surface area contributed by atoms with Gasteiger partial charge in [0, 0.05) is 35.1 Å². The molecule has 2 heterocycles. The van der Waals surface area contributed by atoms with Crippen molar-refractivity contribution in [2.24, 2.45) is 0 Å². The van der Waals surface area contributed by atoms with Crippen molar-refractivity contribution in [1.29, 1.82) is 0 Å². The molecule has 3 nitrogen and oxygen atoms in total. The van der Waals surface area contributed by atoms with Crippen LogP contribution in [0.25, 0.3) is 22.0 Å². The fraction of sp³-hybridized carbons (Fsp3) is 0. The van der Waals surface area contributed by atoms with Crippen molar-refractivity contribution >= 4 is 10.9 Å². The van der Waals surface area contributed by atoms with E-state index in [1.54, 1.807) is 12.5 Å². The van der Waals surface area contributed by atoms with E-state index in [-0.39, 0.29) is 0 Å². The van der Waals surface area contributed by atoms with Crippen molar-refractivity contribution in [2.45, 2.75) is 0 Å². The van der Waals surface area contributed by atoms with E-state index in [1.807, 2.05) is 42.7 Å². The fourth-order valence-electron chi connectivity index (χ4n) is 1.77. The third kappa shape index (κ3) is 1.42. The monoisotopic (exact) mass is 207 g/mol. The zero-order valence-corrected chi connectivity index (χ0v) is 8.54. The third-order valence-electron chi connectivity index (χ3n) is 2.51. The summed E-state index contributed by atoms with van der Waals surface area (Å²) in [6, 6.07) is 10.0. The molecule has 0 saturated heterocycles. The van der Waals surface area contributed by atoms with Crippen LogP contribution in [0, 0.1) is 0 Å². The Labute approximate surface area is 92.8 Å². The van der Waals surface area contributed by atoms with Gasteiger partial charge in [0.2, 0.25) is 0 Å². The Hall–Kier alpha value is -2.29. The topological polar surface area (TPSA) is 38.7 Å². The lowest BCUT2D eigenvalue weighted by Crippen LogP contribution is -1.86. The van der Waals surface area contributed by atoms with Crippen molar-refractivity contribution in [1.82, 2.24) is 15.0 Å². The third-order valence-corrected chi connectivity index (χ3v) is 2.51. The molecule has 0 aliphatic rings. The van der Waals surface area contributed by atoms with Gasteiger partial charge in [-0.15, -0.1) is 0 Å². The number of rotatable bonds is 1.